The lowest BCUT2D eigenvalue weighted by atomic mass is 9.80. The summed E-state index contributed by atoms with van der Waals surface area (Å²) in [5, 5.41) is 10.3. The van der Waals surface area contributed by atoms with Crippen LogP contribution in [0.5, 0.6) is 0 Å². The lowest BCUT2D eigenvalue weighted by Gasteiger charge is -2.30. The summed E-state index contributed by atoms with van der Waals surface area (Å²) in [4.78, 5) is 16.2. The van der Waals surface area contributed by atoms with Gasteiger partial charge < -0.3 is 5.11 Å². The Morgan fingerprint density at radius 2 is 2.00 bits per heavy atom. The Morgan fingerprint density at radius 1 is 1.31 bits per heavy atom. The summed E-state index contributed by atoms with van der Waals surface area (Å²) in [6.45, 7) is 1.90. The molecule has 16 heavy (non-hydrogen) atoms. The molecule has 1 aliphatic carbocycles. The number of Topliss-reactive ketones (excluding diaryl/α,β-unsaturated/α-hetero) is 1. The van der Waals surface area contributed by atoms with Gasteiger partial charge >= 0.3 is 0 Å². The molecule has 1 aliphatic rings. The van der Waals surface area contributed by atoms with Crippen molar-refractivity contribution in [3.63, 3.8) is 0 Å². The fraction of sp³-hybridized carbons (Fsp3) is 0.538. The zero-order valence-corrected chi connectivity index (χ0v) is 9.57. The summed E-state index contributed by atoms with van der Waals surface area (Å²) in [6.07, 6.45) is 7.40. The van der Waals surface area contributed by atoms with Gasteiger partial charge in [-0.05, 0) is 31.4 Å². The first-order chi connectivity index (χ1) is 7.62. The second kappa shape index (κ2) is 4.34. The highest BCUT2D eigenvalue weighted by molar-refractivity contribution is 6.02. The van der Waals surface area contributed by atoms with Crippen LogP contribution in [-0.2, 0) is 0 Å². The first kappa shape index (κ1) is 11.3. The van der Waals surface area contributed by atoms with E-state index in [2.05, 4.69) is 4.98 Å². The number of aromatic nitrogens is 1. The maximum Gasteiger partial charge on any atom is 0.195 e. The number of ketones is 1. The van der Waals surface area contributed by atoms with Gasteiger partial charge in [-0.3, -0.25) is 9.78 Å². The fourth-order valence-corrected chi connectivity index (χ4v) is 2.31. The zero-order valence-electron chi connectivity index (χ0n) is 9.57. The van der Waals surface area contributed by atoms with Crippen molar-refractivity contribution in [1.29, 1.82) is 0 Å². The third kappa shape index (κ3) is 2.14. The van der Waals surface area contributed by atoms with Gasteiger partial charge in [0.15, 0.2) is 5.78 Å². The largest absolute Gasteiger partial charge is 0.382 e. The molecule has 0 unspecified atom stereocenters. The van der Waals surface area contributed by atoms with E-state index in [1.807, 2.05) is 6.92 Å². The number of pyridine rings is 1. The SMILES string of the molecule is Cc1cncc(C(=O)C2(O)CCCCC2)c1. The topological polar surface area (TPSA) is 50.2 Å². The molecule has 0 aromatic carbocycles. The summed E-state index contributed by atoms with van der Waals surface area (Å²) in [5.41, 5.74) is 0.336. The van der Waals surface area contributed by atoms with Crippen LogP contribution in [0, 0.1) is 6.92 Å². The van der Waals surface area contributed by atoms with Crippen molar-refractivity contribution < 1.29 is 9.90 Å². The summed E-state index contributed by atoms with van der Waals surface area (Å²) < 4.78 is 0. The Morgan fingerprint density at radius 3 is 2.62 bits per heavy atom. The predicted molar refractivity (Wildman–Crippen MR) is 61.3 cm³/mol. The Balaban J connectivity index is 2.24. The number of carbonyl (C=O) groups excluding carboxylic acids is 1. The third-order valence-corrected chi connectivity index (χ3v) is 3.24. The van der Waals surface area contributed by atoms with Gasteiger partial charge in [-0.25, -0.2) is 0 Å². The van der Waals surface area contributed by atoms with Crippen LogP contribution in [0.3, 0.4) is 0 Å². The molecule has 3 nitrogen and oxygen atoms in total. The van der Waals surface area contributed by atoms with Gasteiger partial charge in [0.25, 0.3) is 0 Å². The van der Waals surface area contributed by atoms with Crippen LogP contribution in [0.15, 0.2) is 18.5 Å². The van der Waals surface area contributed by atoms with E-state index in [0.29, 0.717) is 18.4 Å². The molecule has 0 spiro atoms. The van der Waals surface area contributed by atoms with Crippen molar-refractivity contribution >= 4 is 5.78 Å². The van der Waals surface area contributed by atoms with E-state index >= 15 is 0 Å². The van der Waals surface area contributed by atoms with E-state index in [1.165, 1.54) is 0 Å². The minimum atomic E-state index is -1.15. The minimum absolute atomic E-state index is 0.164. The zero-order chi connectivity index (χ0) is 11.6. The Labute approximate surface area is 95.5 Å². The molecule has 86 valence electrons. The standard InChI is InChI=1S/C13H17NO2/c1-10-7-11(9-14-8-10)12(15)13(16)5-3-2-4-6-13/h7-9,16H,2-6H2,1H3. The molecule has 2 rings (SSSR count). The maximum atomic E-state index is 12.2. The lowest BCUT2D eigenvalue weighted by molar-refractivity contribution is 0.0116. The van der Waals surface area contributed by atoms with Crippen molar-refractivity contribution in [3.8, 4) is 0 Å². The Kier molecular flexibility index (Phi) is 3.06. The molecule has 1 aromatic rings. The first-order valence-corrected chi connectivity index (χ1v) is 5.81. The Bertz CT molecular complexity index is 395. The van der Waals surface area contributed by atoms with Crippen LogP contribution >= 0.6 is 0 Å². The number of nitrogens with zero attached hydrogens (tertiary/aromatic N) is 1. The van der Waals surface area contributed by atoms with Crippen molar-refractivity contribution in [2.45, 2.75) is 44.6 Å². The van der Waals surface area contributed by atoms with Crippen LogP contribution in [0.4, 0.5) is 0 Å². The highest BCUT2D eigenvalue weighted by Gasteiger charge is 2.37. The van der Waals surface area contributed by atoms with Gasteiger partial charge in [0, 0.05) is 18.0 Å². The third-order valence-electron chi connectivity index (χ3n) is 3.24. The quantitative estimate of drug-likeness (QED) is 0.776. The smallest absolute Gasteiger partial charge is 0.195 e. The van der Waals surface area contributed by atoms with Crippen molar-refractivity contribution in [2.24, 2.45) is 0 Å². The second-order valence-corrected chi connectivity index (χ2v) is 4.67. The summed E-state index contributed by atoms with van der Waals surface area (Å²) in [7, 11) is 0. The van der Waals surface area contributed by atoms with Crippen LogP contribution in [-0.4, -0.2) is 21.5 Å². The second-order valence-electron chi connectivity index (χ2n) is 4.67. The molecule has 1 aromatic heterocycles. The highest BCUT2D eigenvalue weighted by atomic mass is 16.3. The van der Waals surface area contributed by atoms with E-state index in [4.69, 9.17) is 0 Å². The summed E-state index contributed by atoms with van der Waals surface area (Å²) >= 11 is 0. The number of carbonyl (C=O) groups is 1. The van der Waals surface area contributed by atoms with Crippen molar-refractivity contribution in [3.05, 3.63) is 29.6 Å². The van der Waals surface area contributed by atoms with E-state index in [-0.39, 0.29) is 5.78 Å². The monoisotopic (exact) mass is 219 g/mol. The van der Waals surface area contributed by atoms with Crippen molar-refractivity contribution in [1.82, 2.24) is 4.98 Å². The summed E-state index contributed by atoms with van der Waals surface area (Å²) in [5.74, 6) is -0.164. The van der Waals surface area contributed by atoms with Gasteiger partial charge in [0.1, 0.15) is 5.60 Å². The van der Waals surface area contributed by atoms with Gasteiger partial charge in [-0.2, -0.15) is 0 Å². The van der Waals surface area contributed by atoms with E-state index in [9.17, 15) is 9.90 Å². The molecule has 0 amide bonds. The predicted octanol–water partition coefficient (Wildman–Crippen LogP) is 2.27. The van der Waals surface area contributed by atoms with E-state index in [0.717, 1.165) is 24.8 Å². The molecular formula is C13H17NO2. The highest BCUT2D eigenvalue weighted by Crippen LogP contribution is 2.31. The first-order valence-electron chi connectivity index (χ1n) is 5.81. The van der Waals surface area contributed by atoms with E-state index < -0.39 is 5.60 Å². The van der Waals surface area contributed by atoms with Gasteiger partial charge in [-0.1, -0.05) is 19.3 Å². The molecule has 0 bridgehead atoms. The normalized spacial score (nSPS) is 19.4. The number of aliphatic hydroxyl groups is 1. The lowest BCUT2D eigenvalue weighted by Crippen LogP contribution is -2.40. The number of rotatable bonds is 2. The molecule has 1 fully saturated rings. The van der Waals surface area contributed by atoms with Gasteiger partial charge in [0.2, 0.25) is 0 Å². The molecule has 0 aliphatic heterocycles. The summed E-state index contributed by atoms with van der Waals surface area (Å²) in [6, 6.07) is 1.79. The Hall–Kier alpha value is -1.22. The van der Waals surface area contributed by atoms with Crippen LogP contribution < -0.4 is 0 Å². The molecule has 0 radical (unpaired) electrons. The molecule has 3 heteroatoms. The molecule has 1 N–H and O–H groups in total. The van der Waals surface area contributed by atoms with Crippen LogP contribution in [0.1, 0.15) is 48.0 Å². The van der Waals surface area contributed by atoms with Crippen LogP contribution in [0.2, 0.25) is 0 Å². The molecule has 0 saturated heterocycles. The molecule has 1 saturated carbocycles. The fourth-order valence-electron chi connectivity index (χ4n) is 2.31. The van der Waals surface area contributed by atoms with Crippen molar-refractivity contribution in [2.75, 3.05) is 0 Å². The average Bonchev–Trinajstić information content (AvgIpc) is 2.29. The molecule has 0 atom stereocenters. The molecule has 1 heterocycles. The number of hydrogen-bond donors (Lipinski definition) is 1. The number of aryl methyl sites for hydroxylation is 1. The molecular weight excluding hydrogens is 202 g/mol. The van der Waals surface area contributed by atoms with Gasteiger partial charge in [-0.15, -0.1) is 0 Å². The van der Waals surface area contributed by atoms with Gasteiger partial charge in [0.05, 0.1) is 0 Å². The van der Waals surface area contributed by atoms with E-state index in [1.54, 1.807) is 18.5 Å². The maximum absolute atomic E-state index is 12.2. The van der Waals surface area contributed by atoms with Crippen LogP contribution in [0.25, 0.3) is 0 Å². The number of hydrogen-bond acceptors (Lipinski definition) is 3. The average molecular weight is 219 g/mol. The minimum Gasteiger partial charge on any atom is -0.382 e.